The Morgan fingerprint density at radius 1 is 1.53 bits per heavy atom. The predicted octanol–water partition coefficient (Wildman–Crippen LogP) is 1.85. The molecule has 1 aromatic rings. The maximum absolute atomic E-state index is 11.5. The molecule has 1 amide bonds. The van der Waals surface area contributed by atoms with Gasteiger partial charge in [0, 0.05) is 17.2 Å². The molecule has 94 valence electrons. The highest BCUT2D eigenvalue weighted by Gasteiger charge is 2.09. The van der Waals surface area contributed by atoms with Crippen molar-refractivity contribution < 1.29 is 14.3 Å². The molecule has 0 aliphatic heterocycles. The first kappa shape index (κ1) is 13.8. The second kappa shape index (κ2) is 6.44. The monoisotopic (exact) mass is 302 g/mol. The van der Waals surface area contributed by atoms with E-state index < -0.39 is 0 Å². The zero-order valence-electron chi connectivity index (χ0n) is 9.75. The Morgan fingerprint density at radius 2 is 2.24 bits per heavy atom. The summed E-state index contributed by atoms with van der Waals surface area (Å²) in [5, 5.41) is 2.62. The van der Waals surface area contributed by atoms with Gasteiger partial charge < -0.3 is 15.0 Å². The van der Waals surface area contributed by atoms with Crippen LogP contribution in [0.5, 0.6) is 0 Å². The molecule has 1 rings (SSSR count). The molecule has 1 heterocycles. The molecule has 2 N–H and O–H groups in total. The quantitative estimate of drug-likeness (QED) is 0.816. The molecule has 17 heavy (non-hydrogen) atoms. The Labute approximate surface area is 108 Å². The van der Waals surface area contributed by atoms with Crippen LogP contribution in [0.4, 0.5) is 0 Å². The molecule has 0 bridgehead atoms. The van der Waals surface area contributed by atoms with Crippen molar-refractivity contribution in [2.75, 3.05) is 6.54 Å². The Bertz CT molecular complexity index is 401. The maximum atomic E-state index is 11.5. The number of hydrogen-bond donors (Lipinski definition) is 2. The van der Waals surface area contributed by atoms with Crippen LogP contribution in [0.3, 0.4) is 0 Å². The van der Waals surface area contributed by atoms with Gasteiger partial charge in [0.1, 0.15) is 5.69 Å². The van der Waals surface area contributed by atoms with Crippen molar-refractivity contribution in [1.29, 1.82) is 0 Å². The largest absolute Gasteiger partial charge is 0.463 e. The van der Waals surface area contributed by atoms with Crippen LogP contribution in [-0.4, -0.2) is 29.5 Å². The number of H-pyrrole nitrogens is 1. The van der Waals surface area contributed by atoms with E-state index in [2.05, 4.69) is 26.2 Å². The number of carbonyl (C=O) groups is 2. The molecule has 0 aliphatic carbocycles. The lowest BCUT2D eigenvalue weighted by atomic mass is 10.3. The zero-order chi connectivity index (χ0) is 12.8. The average Bonchev–Trinajstić information content (AvgIpc) is 2.63. The van der Waals surface area contributed by atoms with E-state index in [1.165, 1.54) is 0 Å². The zero-order valence-corrected chi connectivity index (χ0v) is 11.3. The van der Waals surface area contributed by atoms with Gasteiger partial charge in [-0.25, -0.2) is 0 Å². The van der Waals surface area contributed by atoms with Crippen molar-refractivity contribution in [2.45, 2.75) is 26.4 Å². The van der Waals surface area contributed by atoms with Gasteiger partial charge in [-0.05, 0) is 35.8 Å². The van der Waals surface area contributed by atoms with Crippen molar-refractivity contribution in [3.63, 3.8) is 0 Å². The number of hydrogen-bond acceptors (Lipinski definition) is 3. The fraction of sp³-hybridized carbons (Fsp3) is 0.455. The number of halogens is 1. The molecule has 0 saturated carbocycles. The topological polar surface area (TPSA) is 71.2 Å². The van der Waals surface area contributed by atoms with E-state index in [9.17, 15) is 9.59 Å². The first-order valence-corrected chi connectivity index (χ1v) is 6.10. The van der Waals surface area contributed by atoms with Crippen LogP contribution >= 0.6 is 15.9 Å². The Kier molecular flexibility index (Phi) is 5.21. The number of rotatable bonds is 5. The second-order valence-electron chi connectivity index (χ2n) is 3.78. The van der Waals surface area contributed by atoms with Crippen LogP contribution in [-0.2, 0) is 9.53 Å². The number of esters is 1. The summed E-state index contributed by atoms with van der Waals surface area (Å²) in [6.07, 6.45) is 1.71. The fourth-order valence-corrected chi connectivity index (χ4v) is 1.54. The molecule has 0 unspecified atom stereocenters. The van der Waals surface area contributed by atoms with Crippen LogP contribution in [0.25, 0.3) is 0 Å². The van der Waals surface area contributed by atoms with E-state index in [1.807, 2.05) is 0 Å². The van der Waals surface area contributed by atoms with E-state index in [0.717, 1.165) is 4.47 Å². The lowest BCUT2D eigenvalue weighted by Crippen LogP contribution is -2.27. The summed E-state index contributed by atoms with van der Waals surface area (Å²) in [5.41, 5.74) is 0.453. The van der Waals surface area contributed by atoms with Crippen molar-refractivity contribution in [1.82, 2.24) is 10.3 Å². The smallest absolute Gasteiger partial charge is 0.307 e. The van der Waals surface area contributed by atoms with E-state index in [-0.39, 0.29) is 30.9 Å². The number of amides is 1. The minimum atomic E-state index is -0.312. The molecule has 0 fully saturated rings. The number of aromatic nitrogens is 1. The standard InChI is InChI=1S/C11H15BrN2O3/c1-7(2)17-10(15)3-4-13-11(16)9-5-8(12)6-14-9/h5-7,14H,3-4H2,1-2H3,(H,13,16). The van der Waals surface area contributed by atoms with Gasteiger partial charge in [-0.15, -0.1) is 0 Å². The van der Waals surface area contributed by atoms with E-state index in [1.54, 1.807) is 26.1 Å². The molecule has 1 aromatic heterocycles. The molecule has 0 atom stereocenters. The lowest BCUT2D eigenvalue weighted by molar-refractivity contribution is -0.147. The van der Waals surface area contributed by atoms with Gasteiger partial charge in [-0.3, -0.25) is 9.59 Å². The van der Waals surface area contributed by atoms with Gasteiger partial charge >= 0.3 is 5.97 Å². The Balaban J connectivity index is 2.27. The predicted molar refractivity (Wildman–Crippen MR) is 66.7 cm³/mol. The first-order valence-electron chi connectivity index (χ1n) is 5.30. The van der Waals surface area contributed by atoms with E-state index >= 15 is 0 Å². The van der Waals surface area contributed by atoms with Crippen molar-refractivity contribution in [2.24, 2.45) is 0 Å². The number of aromatic amines is 1. The average molecular weight is 303 g/mol. The molecule has 0 radical (unpaired) electrons. The Hall–Kier alpha value is -1.30. The van der Waals surface area contributed by atoms with E-state index in [4.69, 9.17) is 4.74 Å². The third kappa shape index (κ3) is 5.04. The minimum Gasteiger partial charge on any atom is -0.463 e. The third-order valence-electron chi connectivity index (χ3n) is 1.87. The van der Waals surface area contributed by atoms with Crippen LogP contribution < -0.4 is 5.32 Å². The van der Waals surface area contributed by atoms with Gasteiger partial charge in [0.25, 0.3) is 5.91 Å². The SMILES string of the molecule is CC(C)OC(=O)CCNC(=O)c1cc(Br)c[nH]1. The normalized spacial score (nSPS) is 10.4. The second-order valence-corrected chi connectivity index (χ2v) is 4.69. The van der Waals surface area contributed by atoms with Crippen LogP contribution in [0, 0.1) is 0 Å². The summed E-state index contributed by atoms with van der Waals surface area (Å²) in [7, 11) is 0. The first-order chi connectivity index (χ1) is 7.99. The summed E-state index contributed by atoms with van der Waals surface area (Å²) in [4.78, 5) is 25.5. The number of nitrogens with one attached hydrogen (secondary N) is 2. The number of ether oxygens (including phenoxy) is 1. The van der Waals surface area contributed by atoms with Crippen molar-refractivity contribution in [3.8, 4) is 0 Å². The van der Waals surface area contributed by atoms with Crippen LogP contribution in [0.2, 0.25) is 0 Å². The van der Waals surface area contributed by atoms with Crippen LogP contribution in [0.1, 0.15) is 30.8 Å². The van der Waals surface area contributed by atoms with Gasteiger partial charge in [0.2, 0.25) is 0 Å². The molecule has 6 heteroatoms. The molecule has 5 nitrogen and oxygen atoms in total. The minimum absolute atomic E-state index is 0.127. The van der Waals surface area contributed by atoms with Crippen LogP contribution in [0.15, 0.2) is 16.7 Å². The molecule has 0 aromatic carbocycles. The van der Waals surface area contributed by atoms with E-state index in [0.29, 0.717) is 5.69 Å². The number of carbonyl (C=O) groups excluding carboxylic acids is 2. The summed E-state index contributed by atoms with van der Waals surface area (Å²) in [5.74, 6) is -0.555. The maximum Gasteiger partial charge on any atom is 0.307 e. The summed E-state index contributed by atoms with van der Waals surface area (Å²) in [6.45, 7) is 3.83. The van der Waals surface area contributed by atoms with Gasteiger partial charge in [-0.1, -0.05) is 0 Å². The summed E-state index contributed by atoms with van der Waals surface area (Å²) < 4.78 is 5.74. The van der Waals surface area contributed by atoms with Crippen molar-refractivity contribution in [3.05, 3.63) is 22.4 Å². The summed E-state index contributed by atoms with van der Waals surface area (Å²) >= 11 is 3.23. The molecular weight excluding hydrogens is 288 g/mol. The molecular formula is C11H15BrN2O3. The highest BCUT2D eigenvalue weighted by atomic mass is 79.9. The highest BCUT2D eigenvalue weighted by Crippen LogP contribution is 2.10. The molecule has 0 spiro atoms. The Morgan fingerprint density at radius 3 is 2.76 bits per heavy atom. The van der Waals surface area contributed by atoms with Gasteiger partial charge in [0.15, 0.2) is 0 Å². The molecule has 0 aliphatic rings. The van der Waals surface area contributed by atoms with Gasteiger partial charge in [-0.2, -0.15) is 0 Å². The molecule has 0 saturated heterocycles. The lowest BCUT2D eigenvalue weighted by Gasteiger charge is -2.08. The fourth-order valence-electron chi connectivity index (χ4n) is 1.19. The highest BCUT2D eigenvalue weighted by molar-refractivity contribution is 9.10. The van der Waals surface area contributed by atoms with Gasteiger partial charge in [0.05, 0.1) is 12.5 Å². The van der Waals surface area contributed by atoms with Crippen molar-refractivity contribution >= 4 is 27.8 Å². The third-order valence-corrected chi connectivity index (χ3v) is 2.33. The summed E-state index contributed by atoms with van der Waals surface area (Å²) in [6, 6.07) is 1.67.